The zero-order valence-corrected chi connectivity index (χ0v) is 14.7. The summed E-state index contributed by atoms with van der Waals surface area (Å²) in [5, 5.41) is 0. The highest BCUT2D eigenvalue weighted by molar-refractivity contribution is 7.92. The maximum absolute atomic E-state index is 12.7. The third kappa shape index (κ3) is 3.28. The summed E-state index contributed by atoms with van der Waals surface area (Å²) >= 11 is 0. The predicted molar refractivity (Wildman–Crippen MR) is 96.0 cm³/mol. The number of nitrogens with zero attached hydrogens (tertiary/aromatic N) is 1. The van der Waals surface area contributed by atoms with Gasteiger partial charge in [0, 0.05) is 16.9 Å². The van der Waals surface area contributed by atoms with E-state index >= 15 is 0 Å². The summed E-state index contributed by atoms with van der Waals surface area (Å²) in [5.74, 6) is 0.328. The first-order valence-electron chi connectivity index (χ1n) is 7.77. The van der Waals surface area contributed by atoms with Crippen molar-refractivity contribution < 1.29 is 13.2 Å². The van der Waals surface area contributed by atoms with Crippen molar-refractivity contribution in [1.82, 2.24) is 0 Å². The number of nitrogens with one attached hydrogen (secondary N) is 1. The Labute approximate surface area is 142 Å². The van der Waals surface area contributed by atoms with E-state index in [1.54, 1.807) is 23.1 Å². The summed E-state index contributed by atoms with van der Waals surface area (Å²) in [4.78, 5) is 14.4. The van der Waals surface area contributed by atoms with E-state index in [9.17, 15) is 13.2 Å². The van der Waals surface area contributed by atoms with Crippen LogP contribution in [0.1, 0.15) is 41.3 Å². The van der Waals surface area contributed by atoms with E-state index in [0.717, 1.165) is 17.5 Å². The van der Waals surface area contributed by atoms with Crippen LogP contribution in [0.25, 0.3) is 0 Å². The molecule has 126 valence electrons. The van der Waals surface area contributed by atoms with Crippen molar-refractivity contribution >= 4 is 27.3 Å². The minimum absolute atomic E-state index is 0.112. The molecule has 5 nitrogen and oxygen atoms in total. The molecule has 0 aliphatic carbocycles. The number of amides is 1. The average molecular weight is 344 g/mol. The van der Waals surface area contributed by atoms with Gasteiger partial charge in [-0.1, -0.05) is 32.0 Å². The van der Waals surface area contributed by atoms with E-state index in [2.05, 4.69) is 18.6 Å². The fourth-order valence-corrected chi connectivity index (χ4v) is 3.38. The molecule has 6 heteroatoms. The van der Waals surface area contributed by atoms with E-state index < -0.39 is 10.0 Å². The Morgan fingerprint density at radius 3 is 2.33 bits per heavy atom. The molecule has 0 saturated carbocycles. The molecule has 0 bridgehead atoms. The molecule has 2 aromatic carbocycles. The normalized spacial score (nSPS) is 14.2. The van der Waals surface area contributed by atoms with E-state index in [-0.39, 0.29) is 5.91 Å². The monoisotopic (exact) mass is 344 g/mol. The van der Waals surface area contributed by atoms with E-state index in [1.165, 1.54) is 5.56 Å². The highest BCUT2D eigenvalue weighted by Gasteiger charge is 2.28. The smallest absolute Gasteiger partial charge is 0.259 e. The molecule has 3 rings (SSSR count). The van der Waals surface area contributed by atoms with Crippen LogP contribution in [0.4, 0.5) is 11.4 Å². The number of benzene rings is 2. The topological polar surface area (TPSA) is 66.5 Å². The quantitative estimate of drug-likeness (QED) is 0.925. The second-order valence-electron chi connectivity index (χ2n) is 6.38. The summed E-state index contributed by atoms with van der Waals surface area (Å²) < 4.78 is 25.1. The Kier molecular flexibility index (Phi) is 4.09. The first-order chi connectivity index (χ1) is 11.2. The fourth-order valence-electron chi connectivity index (χ4n) is 2.83. The van der Waals surface area contributed by atoms with Crippen molar-refractivity contribution in [2.45, 2.75) is 26.3 Å². The SMILES string of the molecule is CC(C)c1ccc(N2Cc3ccc(NS(C)(=O)=O)cc3C2=O)cc1. The number of rotatable bonds is 4. The zero-order valence-electron chi connectivity index (χ0n) is 13.9. The number of carbonyl (C=O) groups is 1. The highest BCUT2D eigenvalue weighted by Crippen LogP contribution is 2.31. The van der Waals surface area contributed by atoms with Crippen molar-refractivity contribution in [2.24, 2.45) is 0 Å². The summed E-state index contributed by atoms with van der Waals surface area (Å²) in [6, 6.07) is 13.0. The summed E-state index contributed by atoms with van der Waals surface area (Å²) in [6.45, 7) is 4.75. The first-order valence-corrected chi connectivity index (χ1v) is 9.66. The van der Waals surface area contributed by atoms with Gasteiger partial charge in [-0.15, -0.1) is 0 Å². The van der Waals surface area contributed by atoms with Gasteiger partial charge in [0.15, 0.2) is 0 Å². The van der Waals surface area contributed by atoms with Crippen LogP contribution >= 0.6 is 0 Å². The second kappa shape index (κ2) is 5.94. The maximum Gasteiger partial charge on any atom is 0.259 e. The summed E-state index contributed by atoms with van der Waals surface area (Å²) in [7, 11) is -3.37. The van der Waals surface area contributed by atoms with Crippen molar-refractivity contribution in [1.29, 1.82) is 0 Å². The van der Waals surface area contributed by atoms with Crippen LogP contribution in [-0.4, -0.2) is 20.6 Å². The molecule has 1 aliphatic heterocycles. The number of hydrogen-bond donors (Lipinski definition) is 1. The molecule has 2 aromatic rings. The molecule has 24 heavy (non-hydrogen) atoms. The van der Waals surface area contributed by atoms with E-state index in [0.29, 0.717) is 23.7 Å². The van der Waals surface area contributed by atoms with Crippen molar-refractivity contribution in [3.05, 3.63) is 59.2 Å². The largest absolute Gasteiger partial charge is 0.304 e. The molecule has 1 aliphatic rings. The molecule has 0 unspecified atom stereocenters. The maximum atomic E-state index is 12.7. The van der Waals surface area contributed by atoms with E-state index in [1.807, 2.05) is 24.3 Å². The van der Waals surface area contributed by atoms with Gasteiger partial charge in [0.2, 0.25) is 10.0 Å². The fraction of sp³-hybridized carbons (Fsp3) is 0.278. The van der Waals surface area contributed by atoms with Gasteiger partial charge < -0.3 is 4.90 Å². The molecule has 0 fully saturated rings. The van der Waals surface area contributed by atoms with Crippen LogP contribution in [-0.2, 0) is 16.6 Å². The molecule has 1 heterocycles. The minimum Gasteiger partial charge on any atom is -0.304 e. The first kappa shape index (κ1) is 16.5. The number of hydrogen-bond acceptors (Lipinski definition) is 3. The molecule has 0 radical (unpaired) electrons. The van der Waals surface area contributed by atoms with E-state index in [4.69, 9.17) is 0 Å². The van der Waals surface area contributed by atoms with Crippen molar-refractivity contribution in [2.75, 3.05) is 15.9 Å². The molecule has 0 spiro atoms. The van der Waals surface area contributed by atoms with Gasteiger partial charge in [0.25, 0.3) is 5.91 Å². The Balaban J connectivity index is 1.88. The zero-order chi connectivity index (χ0) is 17.5. The van der Waals surface area contributed by atoms with Crippen molar-refractivity contribution in [3.63, 3.8) is 0 Å². The number of fused-ring (bicyclic) bond motifs is 1. The van der Waals surface area contributed by atoms with Gasteiger partial charge in [-0.05, 0) is 41.3 Å². The summed E-state index contributed by atoms with van der Waals surface area (Å²) in [5.41, 5.74) is 3.91. The van der Waals surface area contributed by atoms with Gasteiger partial charge in [-0.25, -0.2) is 8.42 Å². The van der Waals surface area contributed by atoms with Gasteiger partial charge >= 0.3 is 0 Å². The third-order valence-electron chi connectivity index (χ3n) is 4.09. The lowest BCUT2D eigenvalue weighted by Crippen LogP contribution is -2.22. The average Bonchev–Trinajstić information content (AvgIpc) is 2.83. The van der Waals surface area contributed by atoms with Crippen LogP contribution in [0.3, 0.4) is 0 Å². The molecule has 1 amide bonds. The molecular formula is C18H20N2O3S. The lowest BCUT2D eigenvalue weighted by atomic mass is 10.0. The standard InChI is InChI=1S/C18H20N2O3S/c1-12(2)13-5-8-16(9-6-13)20-11-14-4-7-15(19-24(3,22)23)10-17(14)18(20)21/h4-10,12,19H,11H2,1-3H3. The molecule has 0 aromatic heterocycles. The number of anilines is 2. The number of carbonyl (C=O) groups excluding carboxylic acids is 1. The molecule has 1 N–H and O–H groups in total. The second-order valence-corrected chi connectivity index (χ2v) is 8.13. The molecule has 0 atom stereocenters. The van der Waals surface area contributed by atoms with Gasteiger partial charge in [0.05, 0.1) is 12.8 Å². The highest BCUT2D eigenvalue weighted by atomic mass is 32.2. The van der Waals surface area contributed by atoms with Crippen LogP contribution < -0.4 is 9.62 Å². The Morgan fingerprint density at radius 1 is 1.08 bits per heavy atom. The van der Waals surface area contributed by atoms with Crippen LogP contribution in [0, 0.1) is 0 Å². The molecule has 0 saturated heterocycles. The van der Waals surface area contributed by atoms with Crippen LogP contribution in [0.5, 0.6) is 0 Å². The minimum atomic E-state index is -3.37. The van der Waals surface area contributed by atoms with Crippen LogP contribution in [0.15, 0.2) is 42.5 Å². The lowest BCUT2D eigenvalue weighted by molar-refractivity contribution is 0.0996. The van der Waals surface area contributed by atoms with Gasteiger partial charge in [0.1, 0.15) is 0 Å². The van der Waals surface area contributed by atoms with Gasteiger partial charge in [-0.3, -0.25) is 9.52 Å². The summed E-state index contributed by atoms with van der Waals surface area (Å²) in [6.07, 6.45) is 1.09. The lowest BCUT2D eigenvalue weighted by Gasteiger charge is -2.16. The Morgan fingerprint density at radius 2 is 1.75 bits per heavy atom. The molecular weight excluding hydrogens is 324 g/mol. The van der Waals surface area contributed by atoms with Gasteiger partial charge in [-0.2, -0.15) is 0 Å². The van der Waals surface area contributed by atoms with Crippen molar-refractivity contribution in [3.8, 4) is 0 Å². The Bertz CT molecular complexity index is 887. The predicted octanol–water partition coefficient (Wildman–Crippen LogP) is 3.34. The third-order valence-corrected chi connectivity index (χ3v) is 4.70. The Hall–Kier alpha value is -2.34. The number of sulfonamides is 1. The van der Waals surface area contributed by atoms with Crippen LogP contribution in [0.2, 0.25) is 0 Å².